The highest BCUT2D eigenvalue weighted by Crippen LogP contribution is 2.27. The summed E-state index contributed by atoms with van der Waals surface area (Å²) in [5.41, 5.74) is 5.42. The van der Waals surface area contributed by atoms with Gasteiger partial charge in [-0.1, -0.05) is 56.8 Å². The Morgan fingerprint density at radius 2 is 1.81 bits per heavy atom. The molecule has 0 aliphatic rings. The molecule has 21 heavy (non-hydrogen) atoms. The first-order chi connectivity index (χ1) is 10.2. The summed E-state index contributed by atoms with van der Waals surface area (Å²) in [5.74, 6) is 0.567. The van der Waals surface area contributed by atoms with Gasteiger partial charge in [-0.25, -0.2) is 4.98 Å². The molecule has 0 aliphatic carbocycles. The highest BCUT2D eigenvalue weighted by Gasteiger charge is 2.16. The van der Waals surface area contributed by atoms with Gasteiger partial charge in [-0.3, -0.25) is 4.40 Å². The maximum atomic E-state index is 4.80. The van der Waals surface area contributed by atoms with Crippen LogP contribution >= 0.6 is 0 Å². The largest absolute Gasteiger partial charge is 0.299 e. The van der Waals surface area contributed by atoms with E-state index in [2.05, 4.69) is 43.2 Å². The number of rotatable bonds is 4. The lowest BCUT2D eigenvalue weighted by atomic mass is 9.99. The Bertz CT molecular complexity index is 767. The minimum absolute atomic E-state index is 0.567. The Hall–Kier alpha value is -2.35. The summed E-state index contributed by atoms with van der Waals surface area (Å²) in [6.45, 7) is 8.77. The molecule has 106 valence electrons. The van der Waals surface area contributed by atoms with E-state index in [9.17, 15) is 0 Å². The topological polar surface area (TPSA) is 17.3 Å². The van der Waals surface area contributed by atoms with Crippen molar-refractivity contribution in [3.05, 3.63) is 78.3 Å². The third-order valence-corrected chi connectivity index (χ3v) is 3.61. The summed E-state index contributed by atoms with van der Waals surface area (Å²) in [4.78, 5) is 4.80. The van der Waals surface area contributed by atoms with Crippen LogP contribution in [0.2, 0.25) is 0 Å². The number of imidazole rings is 1. The number of fused-ring (bicyclic) bond motifs is 1. The molecule has 2 aromatic heterocycles. The normalized spacial score (nSPS) is 11.2. The third kappa shape index (κ3) is 2.62. The van der Waals surface area contributed by atoms with Gasteiger partial charge in [-0.05, 0) is 30.0 Å². The van der Waals surface area contributed by atoms with Gasteiger partial charge in [0.05, 0.1) is 11.4 Å². The number of aromatic nitrogens is 2. The maximum absolute atomic E-state index is 4.80. The zero-order chi connectivity index (χ0) is 14.8. The van der Waals surface area contributed by atoms with Crippen molar-refractivity contribution in [2.45, 2.75) is 20.3 Å². The van der Waals surface area contributed by atoms with Gasteiger partial charge in [0, 0.05) is 11.8 Å². The molecule has 3 rings (SSSR count). The van der Waals surface area contributed by atoms with Crippen molar-refractivity contribution in [1.29, 1.82) is 0 Å². The fourth-order valence-corrected chi connectivity index (χ4v) is 2.67. The van der Waals surface area contributed by atoms with Crippen LogP contribution in [0, 0.1) is 5.92 Å². The monoisotopic (exact) mass is 276 g/mol. The van der Waals surface area contributed by atoms with Crippen LogP contribution in [0.4, 0.5) is 0 Å². The van der Waals surface area contributed by atoms with E-state index in [4.69, 9.17) is 4.98 Å². The molecule has 0 spiro atoms. The Kier molecular flexibility index (Phi) is 3.61. The standard InChI is InChI=1S/C19H20N2/c1-14(2)13-17-19(15(3)16-9-5-4-6-10-16)21-12-8-7-11-18(21)20-17/h4-12,14H,3,13H2,1-2H3. The van der Waals surface area contributed by atoms with Crippen molar-refractivity contribution in [2.75, 3.05) is 0 Å². The molecule has 0 saturated heterocycles. The molecule has 2 heteroatoms. The van der Waals surface area contributed by atoms with Crippen molar-refractivity contribution in [3.63, 3.8) is 0 Å². The predicted octanol–water partition coefficient (Wildman–Crippen LogP) is 4.59. The Labute approximate surface area is 125 Å². The lowest BCUT2D eigenvalue weighted by Gasteiger charge is -2.10. The molecular weight excluding hydrogens is 256 g/mol. The first-order valence-corrected chi connectivity index (χ1v) is 7.37. The van der Waals surface area contributed by atoms with Crippen LogP contribution in [0.1, 0.15) is 30.8 Å². The molecule has 2 heterocycles. The quantitative estimate of drug-likeness (QED) is 0.681. The van der Waals surface area contributed by atoms with Crippen molar-refractivity contribution in [1.82, 2.24) is 9.38 Å². The van der Waals surface area contributed by atoms with E-state index in [1.165, 1.54) is 0 Å². The molecular formula is C19H20N2. The van der Waals surface area contributed by atoms with E-state index in [1.807, 2.05) is 36.4 Å². The van der Waals surface area contributed by atoms with E-state index >= 15 is 0 Å². The average molecular weight is 276 g/mol. The van der Waals surface area contributed by atoms with Crippen molar-refractivity contribution in [3.8, 4) is 0 Å². The van der Waals surface area contributed by atoms with E-state index in [1.54, 1.807) is 0 Å². The minimum Gasteiger partial charge on any atom is -0.299 e. The summed E-state index contributed by atoms with van der Waals surface area (Å²) in [7, 11) is 0. The Balaban J connectivity index is 2.17. The molecule has 0 unspecified atom stereocenters. The third-order valence-electron chi connectivity index (χ3n) is 3.61. The highest BCUT2D eigenvalue weighted by molar-refractivity contribution is 5.79. The molecule has 0 fully saturated rings. The SMILES string of the molecule is C=C(c1ccccc1)c1c(CC(C)C)nc2ccccn12. The Morgan fingerprint density at radius 3 is 2.52 bits per heavy atom. The second kappa shape index (κ2) is 5.57. The average Bonchev–Trinajstić information content (AvgIpc) is 2.84. The van der Waals surface area contributed by atoms with Gasteiger partial charge < -0.3 is 0 Å². The number of pyridine rings is 1. The van der Waals surface area contributed by atoms with Crippen LogP contribution in [0.5, 0.6) is 0 Å². The highest BCUT2D eigenvalue weighted by atomic mass is 15.0. The van der Waals surface area contributed by atoms with Gasteiger partial charge in [-0.2, -0.15) is 0 Å². The number of nitrogens with zero attached hydrogens (tertiary/aromatic N) is 2. The van der Waals surface area contributed by atoms with Crippen LogP contribution in [-0.2, 0) is 6.42 Å². The van der Waals surface area contributed by atoms with Crippen LogP contribution < -0.4 is 0 Å². The van der Waals surface area contributed by atoms with E-state index < -0.39 is 0 Å². The molecule has 0 N–H and O–H groups in total. The number of hydrogen-bond donors (Lipinski definition) is 0. The van der Waals surface area contributed by atoms with E-state index in [-0.39, 0.29) is 0 Å². The van der Waals surface area contributed by atoms with Gasteiger partial charge in [0.2, 0.25) is 0 Å². The lowest BCUT2D eigenvalue weighted by Crippen LogP contribution is -2.01. The minimum atomic E-state index is 0.567. The molecule has 0 bridgehead atoms. The molecule has 0 radical (unpaired) electrons. The van der Waals surface area contributed by atoms with Crippen LogP contribution in [-0.4, -0.2) is 9.38 Å². The fourth-order valence-electron chi connectivity index (χ4n) is 2.67. The van der Waals surface area contributed by atoms with Gasteiger partial charge >= 0.3 is 0 Å². The van der Waals surface area contributed by atoms with Crippen molar-refractivity contribution >= 4 is 11.2 Å². The molecule has 3 aromatic rings. The first kappa shape index (κ1) is 13.6. The summed E-state index contributed by atoms with van der Waals surface area (Å²) < 4.78 is 2.15. The van der Waals surface area contributed by atoms with Crippen LogP contribution in [0.15, 0.2) is 61.3 Å². The molecule has 0 amide bonds. The lowest BCUT2D eigenvalue weighted by molar-refractivity contribution is 0.637. The molecule has 0 aliphatic heterocycles. The van der Waals surface area contributed by atoms with E-state index in [0.717, 1.165) is 34.6 Å². The van der Waals surface area contributed by atoms with Crippen molar-refractivity contribution in [2.24, 2.45) is 5.92 Å². The zero-order valence-corrected chi connectivity index (χ0v) is 12.6. The number of benzene rings is 1. The van der Waals surface area contributed by atoms with Gasteiger partial charge in [0.1, 0.15) is 5.65 Å². The summed E-state index contributed by atoms with van der Waals surface area (Å²) in [6.07, 6.45) is 3.03. The fraction of sp³-hybridized carbons (Fsp3) is 0.211. The van der Waals surface area contributed by atoms with E-state index in [0.29, 0.717) is 5.92 Å². The van der Waals surface area contributed by atoms with Crippen LogP contribution in [0.3, 0.4) is 0 Å². The predicted molar refractivity (Wildman–Crippen MR) is 88.3 cm³/mol. The zero-order valence-electron chi connectivity index (χ0n) is 12.6. The first-order valence-electron chi connectivity index (χ1n) is 7.37. The van der Waals surface area contributed by atoms with Crippen molar-refractivity contribution < 1.29 is 0 Å². The molecule has 2 nitrogen and oxygen atoms in total. The second-order valence-electron chi connectivity index (χ2n) is 5.78. The summed E-state index contributed by atoms with van der Waals surface area (Å²) >= 11 is 0. The summed E-state index contributed by atoms with van der Waals surface area (Å²) in [5, 5.41) is 0. The number of hydrogen-bond acceptors (Lipinski definition) is 1. The maximum Gasteiger partial charge on any atom is 0.137 e. The van der Waals surface area contributed by atoms with Gasteiger partial charge in [0.25, 0.3) is 0 Å². The molecule has 0 atom stereocenters. The van der Waals surface area contributed by atoms with Gasteiger partial charge in [-0.15, -0.1) is 0 Å². The van der Waals surface area contributed by atoms with Crippen LogP contribution in [0.25, 0.3) is 11.2 Å². The summed E-state index contributed by atoms with van der Waals surface area (Å²) in [6, 6.07) is 16.4. The Morgan fingerprint density at radius 1 is 1.10 bits per heavy atom. The van der Waals surface area contributed by atoms with Gasteiger partial charge in [0.15, 0.2) is 0 Å². The smallest absolute Gasteiger partial charge is 0.137 e. The second-order valence-corrected chi connectivity index (χ2v) is 5.78. The molecule has 1 aromatic carbocycles. The molecule has 0 saturated carbocycles.